The number of nitrogens with zero attached hydrogens (tertiary/aromatic N) is 1. The van der Waals surface area contributed by atoms with E-state index in [9.17, 15) is 28.1 Å². The van der Waals surface area contributed by atoms with Gasteiger partial charge in [0.05, 0.1) is 10.5 Å². The molecule has 2 aromatic carbocycles. The average Bonchev–Trinajstić information content (AvgIpc) is 2.55. The highest BCUT2D eigenvalue weighted by molar-refractivity contribution is 5.95. The SMILES string of the molecule is Cc1c(F)cc(C(=O)NCc2ccc(OC(F)F)cc2)cc1[N+](=O)[O-]. The van der Waals surface area contributed by atoms with Crippen LogP contribution in [0, 0.1) is 22.9 Å². The number of carbonyl (C=O) groups excluding carboxylic acids is 1. The summed E-state index contributed by atoms with van der Waals surface area (Å²) < 4.78 is 42.0. The maximum Gasteiger partial charge on any atom is 0.387 e. The van der Waals surface area contributed by atoms with Crippen LogP contribution in [0.5, 0.6) is 5.75 Å². The van der Waals surface area contributed by atoms with Gasteiger partial charge in [0.15, 0.2) is 0 Å². The molecular formula is C16H13F3N2O4. The number of alkyl halides is 2. The van der Waals surface area contributed by atoms with Gasteiger partial charge in [0, 0.05) is 18.2 Å². The molecule has 0 fully saturated rings. The molecule has 0 aromatic heterocycles. The summed E-state index contributed by atoms with van der Waals surface area (Å²) in [4.78, 5) is 22.2. The summed E-state index contributed by atoms with van der Waals surface area (Å²) in [6, 6.07) is 7.46. The molecule has 0 bridgehead atoms. The Labute approximate surface area is 140 Å². The maximum atomic E-state index is 13.7. The molecule has 25 heavy (non-hydrogen) atoms. The molecule has 6 nitrogen and oxygen atoms in total. The minimum Gasteiger partial charge on any atom is -0.435 e. The molecule has 1 amide bonds. The van der Waals surface area contributed by atoms with Gasteiger partial charge in [0.1, 0.15) is 11.6 Å². The number of nitro groups is 1. The van der Waals surface area contributed by atoms with E-state index in [0.717, 1.165) is 12.1 Å². The summed E-state index contributed by atoms with van der Waals surface area (Å²) in [6.45, 7) is -1.66. The Balaban J connectivity index is 2.06. The second-order valence-electron chi connectivity index (χ2n) is 5.06. The Morgan fingerprint density at radius 2 is 1.92 bits per heavy atom. The van der Waals surface area contributed by atoms with Crippen molar-refractivity contribution in [1.82, 2.24) is 5.32 Å². The number of carbonyl (C=O) groups is 1. The summed E-state index contributed by atoms with van der Waals surface area (Å²) >= 11 is 0. The molecular weight excluding hydrogens is 341 g/mol. The zero-order chi connectivity index (χ0) is 18.6. The molecule has 0 aliphatic rings. The topological polar surface area (TPSA) is 81.5 Å². The van der Waals surface area contributed by atoms with E-state index in [-0.39, 0.29) is 23.4 Å². The fourth-order valence-electron chi connectivity index (χ4n) is 2.06. The summed E-state index contributed by atoms with van der Waals surface area (Å²) in [5.41, 5.74) is -0.251. The van der Waals surface area contributed by atoms with Gasteiger partial charge in [-0.05, 0) is 30.7 Å². The molecule has 0 heterocycles. The lowest BCUT2D eigenvalue weighted by molar-refractivity contribution is -0.385. The van der Waals surface area contributed by atoms with Crippen molar-refractivity contribution in [2.75, 3.05) is 0 Å². The molecule has 0 aliphatic carbocycles. The van der Waals surface area contributed by atoms with E-state index < -0.39 is 28.9 Å². The van der Waals surface area contributed by atoms with Crippen molar-refractivity contribution in [2.24, 2.45) is 0 Å². The molecule has 0 atom stereocenters. The highest BCUT2D eigenvalue weighted by Crippen LogP contribution is 2.23. The van der Waals surface area contributed by atoms with E-state index in [1.807, 2.05) is 0 Å². The van der Waals surface area contributed by atoms with Gasteiger partial charge in [-0.25, -0.2) is 4.39 Å². The Kier molecular flexibility index (Phi) is 5.58. The van der Waals surface area contributed by atoms with Crippen molar-refractivity contribution in [2.45, 2.75) is 20.1 Å². The molecule has 1 N–H and O–H groups in total. The van der Waals surface area contributed by atoms with Crippen LogP contribution < -0.4 is 10.1 Å². The van der Waals surface area contributed by atoms with Crippen LogP contribution >= 0.6 is 0 Å². The Bertz CT molecular complexity index is 795. The van der Waals surface area contributed by atoms with Crippen molar-refractivity contribution in [1.29, 1.82) is 0 Å². The second kappa shape index (κ2) is 7.65. The zero-order valence-electron chi connectivity index (χ0n) is 13.0. The third-order valence-electron chi connectivity index (χ3n) is 3.38. The van der Waals surface area contributed by atoms with E-state index in [4.69, 9.17) is 0 Å². The Morgan fingerprint density at radius 1 is 1.28 bits per heavy atom. The molecule has 0 saturated heterocycles. The van der Waals surface area contributed by atoms with E-state index in [1.165, 1.54) is 31.2 Å². The molecule has 0 radical (unpaired) electrons. The molecule has 2 aromatic rings. The van der Waals surface area contributed by atoms with E-state index in [0.29, 0.717) is 5.56 Å². The second-order valence-corrected chi connectivity index (χ2v) is 5.06. The van der Waals surface area contributed by atoms with E-state index in [1.54, 1.807) is 0 Å². The first-order valence-electron chi connectivity index (χ1n) is 7.04. The van der Waals surface area contributed by atoms with Gasteiger partial charge in [-0.1, -0.05) is 12.1 Å². The number of ether oxygens (including phenoxy) is 1. The van der Waals surface area contributed by atoms with Gasteiger partial charge in [0.25, 0.3) is 11.6 Å². The molecule has 0 unspecified atom stereocenters. The largest absolute Gasteiger partial charge is 0.435 e. The number of nitro benzene ring substituents is 1. The third-order valence-corrected chi connectivity index (χ3v) is 3.38. The lowest BCUT2D eigenvalue weighted by atomic mass is 10.1. The summed E-state index contributed by atoms with van der Waals surface area (Å²) in [6.07, 6.45) is 0. The van der Waals surface area contributed by atoms with Crippen LogP contribution in [0.1, 0.15) is 21.5 Å². The molecule has 2 rings (SSSR count). The third kappa shape index (κ3) is 4.69. The van der Waals surface area contributed by atoms with Crippen LogP contribution in [-0.4, -0.2) is 17.4 Å². The van der Waals surface area contributed by atoms with Crippen LogP contribution in [-0.2, 0) is 6.54 Å². The lowest BCUT2D eigenvalue weighted by Gasteiger charge is -2.08. The Hall–Kier alpha value is -3.10. The van der Waals surface area contributed by atoms with Gasteiger partial charge in [0.2, 0.25) is 0 Å². The van der Waals surface area contributed by atoms with E-state index in [2.05, 4.69) is 10.1 Å². The molecule has 9 heteroatoms. The molecule has 132 valence electrons. The minimum atomic E-state index is -2.93. The Morgan fingerprint density at radius 3 is 2.48 bits per heavy atom. The zero-order valence-corrected chi connectivity index (χ0v) is 13.0. The number of rotatable bonds is 6. The van der Waals surface area contributed by atoms with Gasteiger partial charge >= 0.3 is 6.61 Å². The minimum absolute atomic E-state index is 0.0249. The van der Waals surface area contributed by atoms with Crippen LogP contribution in [0.2, 0.25) is 0 Å². The van der Waals surface area contributed by atoms with Crippen LogP contribution in [0.25, 0.3) is 0 Å². The first-order chi connectivity index (χ1) is 11.8. The number of nitrogens with one attached hydrogen (secondary N) is 1. The number of benzene rings is 2. The number of hydrogen-bond acceptors (Lipinski definition) is 4. The number of hydrogen-bond donors (Lipinski definition) is 1. The first-order valence-corrected chi connectivity index (χ1v) is 7.04. The summed E-state index contributed by atoms with van der Waals surface area (Å²) in [5, 5.41) is 13.3. The normalized spacial score (nSPS) is 10.6. The fourth-order valence-corrected chi connectivity index (χ4v) is 2.06. The van der Waals surface area contributed by atoms with E-state index >= 15 is 0 Å². The quantitative estimate of drug-likeness (QED) is 0.635. The van der Waals surface area contributed by atoms with Gasteiger partial charge < -0.3 is 10.1 Å². The first kappa shape index (κ1) is 18.2. The summed E-state index contributed by atoms with van der Waals surface area (Å²) in [7, 11) is 0. The monoisotopic (exact) mass is 354 g/mol. The number of halogens is 3. The summed E-state index contributed by atoms with van der Waals surface area (Å²) in [5.74, 6) is -1.58. The van der Waals surface area contributed by atoms with Gasteiger partial charge in [-0.2, -0.15) is 8.78 Å². The fraction of sp³-hybridized carbons (Fsp3) is 0.188. The smallest absolute Gasteiger partial charge is 0.387 e. The predicted octanol–water partition coefficient (Wildman–Crippen LogP) is 3.57. The average molecular weight is 354 g/mol. The maximum absolute atomic E-state index is 13.7. The molecule has 0 saturated carbocycles. The van der Waals surface area contributed by atoms with Crippen LogP contribution in [0.4, 0.5) is 18.9 Å². The van der Waals surface area contributed by atoms with Crippen LogP contribution in [0.15, 0.2) is 36.4 Å². The molecule has 0 spiro atoms. The van der Waals surface area contributed by atoms with Crippen LogP contribution in [0.3, 0.4) is 0 Å². The van der Waals surface area contributed by atoms with Crippen molar-refractivity contribution < 1.29 is 27.6 Å². The lowest BCUT2D eigenvalue weighted by Crippen LogP contribution is -2.23. The van der Waals surface area contributed by atoms with Crippen molar-refractivity contribution >= 4 is 11.6 Å². The predicted molar refractivity (Wildman–Crippen MR) is 82.0 cm³/mol. The number of amides is 1. The van der Waals surface area contributed by atoms with Crippen molar-refractivity contribution in [3.63, 3.8) is 0 Å². The standard InChI is InChI=1S/C16H13F3N2O4/c1-9-13(17)6-11(7-14(9)21(23)24)15(22)20-8-10-2-4-12(5-3-10)25-16(18)19/h2-7,16H,8H2,1H3,(H,20,22). The molecule has 0 aliphatic heterocycles. The highest BCUT2D eigenvalue weighted by Gasteiger charge is 2.19. The van der Waals surface area contributed by atoms with Crippen molar-refractivity contribution in [3.8, 4) is 5.75 Å². The highest BCUT2D eigenvalue weighted by atomic mass is 19.3. The van der Waals surface area contributed by atoms with Crippen molar-refractivity contribution in [3.05, 3.63) is 69.0 Å². The van der Waals surface area contributed by atoms with Gasteiger partial charge in [-0.3, -0.25) is 14.9 Å². The van der Waals surface area contributed by atoms with Gasteiger partial charge in [-0.15, -0.1) is 0 Å².